The van der Waals surface area contributed by atoms with Gasteiger partial charge in [-0.1, -0.05) is 36.4 Å². The molecular weight excluding hydrogens is 434 g/mol. The molecule has 1 aromatic heterocycles. The summed E-state index contributed by atoms with van der Waals surface area (Å²) in [5.74, 6) is 0.565. The number of aromatic nitrogens is 1. The highest BCUT2D eigenvalue weighted by molar-refractivity contribution is 6.31. The SMILES string of the molecule is C=C(/C=C(\N=CN)NCc1cn(-c2ccccc2)c2cc(Cl)ccc2c1=O)N1CCCCC1. The topological polar surface area (TPSA) is 75.6 Å². The summed E-state index contributed by atoms with van der Waals surface area (Å²) in [6.07, 6.45) is 8.55. The number of nitrogens with zero attached hydrogens (tertiary/aromatic N) is 3. The van der Waals surface area contributed by atoms with Gasteiger partial charge in [0.15, 0.2) is 5.43 Å². The number of fused-ring (bicyclic) bond motifs is 1. The molecule has 2 heterocycles. The molecule has 0 radical (unpaired) electrons. The van der Waals surface area contributed by atoms with Gasteiger partial charge in [0, 0.05) is 59.3 Å². The second-order valence-electron chi connectivity index (χ2n) is 8.05. The number of pyridine rings is 1. The Hall–Kier alpha value is -3.51. The van der Waals surface area contributed by atoms with Gasteiger partial charge in [-0.15, -0.1) is 0 Å². The standard InChI is InChI=1S/C26H28ClN5O/c1-19(31-12-6-3-7-13-31)14-25(30-18-28)29-16-20-17-32(22-8-4-2-5-9-22)24-15-21(27)10-11-23(24)26(20)33/h2,4-5,8-11,14-15,17-18,29H,1,3,6-7,12-13,16H2,(H2,28,30)/b25-14-. The number of benzene rings is 2. The van der Waals surface area contributed by atoms with Crippen molar-refractivity contribution in [2.24, 2.45) is 10.7 Å². The van der Waals surface area contributed by atoms with E-state index in [-0.39, 0.29) is 5.43 Å². The molecule has 0 saturated carbocycles. The smallest absolute Gasteiger partial charge is 0.194 e. The van der Waals surface area contributed by atoms with Crippen molar-refractivity contribution in [2.75, 3.05) is 13.1 Å². The van der Waals surface area contributed by atoms with E-state index in [9.17, 15) is 4.79 Å². The molecule has 3 aromatic rings. The van der Waals surface area contributed by atoms with Crippen LogP contribution in [0.3, 0.4) is 0 Å². The van der Waals surface area contributed by atoms with E-state index in [1.54, 1.807) is 12.1 Å². The average molecular weight is 462 g/mol. The number of hydrogen-bond donors (Lipinski definition) is 2. The van der Waals surface area contributed by atoms with Crippen LogP contribution in [0.5, 0.6) is 0 Å². The average Bonchev–Trinajstić information content (AvgIpc) is 2.84. The number of hydrogen-bond acceptors (Lipinski definition) is 4. The molecule has 4 rings (SSSR count). The maximum atomic E-state index is 13.3. The second-order valence-corrected chi connectivity index (χ2v) is 8.49. The van der Waals surface area contributed by atoms with Crippen LogP contribution in [0.25, 0.3) is 16.6 Å². The summed E-state index contributed by atoms with van der Waals surface area (Å²) in [4.78, 5) is 19.8. The van der Waals surface area contributed by atoms with Crippen molar-refractivity contribution in [2.45, 2.75) is 25.8 Å². The molecule has 0 bridgehead atoms. The summed E-state index contributed by atoms with van der Waals surface area (Å²) in [5.41, 5.74) is 8.73. The molecule has 1 aliphatic rings. The highest BCUT2D eigenvalue weighted by Gasteiger charge is 2.13. The van der Waals surface area contributed by atoms with Gasteiger partial charge in [0.2, 0.25) is 0 Å². The van der Waals surface area contributed by atoms with Crippen molar-refractivity contribution < 1.29 is 0 Å². The Morgan fingerprint density at radius 3 is 2.64 bits per heavy atom. The Morgan fingerprint density at radius 1 is 1.15 bits per heavy atom. The van der Waals surface area contributed by atoms with E-state index < -0.39 is 0 Å². The Morgan fingerprint density at radius 2 is 1.91 bits per heavy atom. The van der Waals surface area contributed by atoms with Crippen LogP contribution in [0.4, 0.5) is 0 Å². The van der Waals surface area contributed by atoms with Gasteiger partial charge < -0.3 is 20.5 Å². The van der Waals surface area contributed by atoms with Crippen LogP contribution in [0.2, 0.25) is 5.02 Å². The Kier molecular flexibility index (Phi) is 7.15. The van der Waals surface area contributed by atoms with E-state index in [4.69, 9.17) is 17.3 Å². The first-order valence-electron chi connectivity index (χ1n) is 11.1. The molecule has 0 unspecified atom stereocenters. The van der Waals surface area contributed by atoms with E-state index >= 15 is 0 Å². The molecule has 0 spiro atoms. The fourth-order valence-electron chi connectivity index (χ4n) is 4.11. The molecule has 1 aliphatic heterocycles. The fourth-order valence-corrected chi connectivity index (χ4v) is 4.28. The van der Waals surface area contributed by atoms with Crippen LogP contribution < -0.4 is 16.5 Å². The van der Waals surface area contributed by atoms with Crippen LogP contribution in [0.15, 0.2) is 88.7 Å². The summed E-state index contributed by atoms with van der Waals surface area (Å²) in [6, 6.07) is 15.2. The maximum Gasteiger partial charge on any atom is 0.194 e. The Labute approximate surface area is 198 Å². The van der Waals surface area contributed by atoms with Gasteiger partial charge in [0.1, 0.15) is 5.82 Å². The molecule has 0 amide bonds. The molecule has 170 valence electrons. The van der Waals surface area contributed by atoms with Crippen LogP contribution in [-0.4, -0.2) is 28.9 Å². The van der Waals surface area contributed by atoms with Crippen molar-refractivity contribution in [1.82, 2.24) is 14.8 Å². The van der Waals surface area contributed by atoms with E-state index in [2.05, 4.69) is 21.8 Å². The number of nitrogens with two attached hydrogens (primary N) is 1. The lowest BCUT2D eigenvalue weighted by atomic mass is 10.1. The minimum atomic E-state index is -0.0488. The third-order valence-corrected chi connectivity index (χ3v) is 6.05. The highest BCUT2D eigenvalue weighted by atomic mass is 35.5. The summed E-state index contributed by atoms with van der Waals surface area (Å²) >= 11 is 6.25. The van der Waals surface area contributed by atoms with Crippen molar-refractivity contribution in [3.63, 3.8) is 0 Å². The number of allylic oxidation sites excluding steroid dienone is 1. The van der Waals surface area contributed by atoms with Crippen LogP contribution in [-0.2, 0) is 6.54 Å². The van der Waals surface area contributed by atoms with Crippen molar-refractivity contribution in [3.05, 3.63) is 99.7 Å². The zero-order valence-electron chi connectivity index (χ0n) is 18.5. The van der Waals surface area contributed by atoms with E-state index in [1.807, 2.05) is 53.2 Å². The molecule has 0 atom stereocenters. The van der Waals surface area contributed by atoms with Crippen molar-refractivity contribution >= 4 is 28.8 Å². The lowest BCUT2D eigenvalue weighted by molar-refractivity contribution is 0.293. The normalized spacial score (nSPS) is 14.7. The first-order chi connectivity index (χ1) is 16.1. The molecule has 3 N–H and O–H groups in total. The van der Waals surface area contributed by atoms with Gasteiger partial charge in [-0.2, -0.15) is 0 Å². The van der Waals surface area contributed by atoms with Gasteiger partial charge in [0.25, 0.3) is 0 Å². The third kappa shape index (κ3) is 5.29. The Bertz CT molecular complexity index is 1260. The molecular formula is C26H28ClN5O. The predicted molar refractivity (Wildman–Crippen MR) is 137 cm³/mol. The lowest BCUT2D eigenvalue weighted by Gasteiger charge is -2.29. The molecule has 1 saturated heterocycles. The van der Waals surface area contributed by atoms with Gasteiger partial charge in [-0.05, 0) is 49.6 Å². The zero-order valence-corrected chi connectivity index (χ0v) is 19.3. The lowest BCUT2D eigenvalue weighted by Crippen LogP contribution is -2.28. The predicted octanol–water partition coefficient (Wildman–Crippen LogP) is 4.56. The number of rotatable bonds is 7. The second kappa shape index (κ2) is 10.4. The number of nitrogens with one attached hydrogen (secondary N) is 1. The fraction of sp³-hybridized carbons (Fsp3) is 0.231. The van der Waals surface area contributed by atoms with Gasteiger partial charge >= 0.3 is 0 Å². The number of halogens is 1. The van der Waals surface area contributed by atoms with Crippen LogP contribution in [0, 0.1) is 0 Å². The van der Waals surface area contributed by atoms with Crippen molar-refractivity contribution in [1.29, 1.82) is 0 Å². The Balaban J connectivity index is 1.67. The van der Waals surface area contributed by atoms with Gasteiger partial charge in [0.05, 0.1) is 11.9 Å². The van der Waals surface area contributed by atoms with Gasteiger partial charge in [-0.25, -0.2) is 4.99 Å². The number of likely N-dealkylation sites (tertiary alicyclic amines) is 1. The highest BCUT2D eigenvalue weighted by Crippen LogP contribution is 2.22. The largest absolute Gasteiger partial charge is 0.390 e. The summed E-state index contributed by atoms with van der Waals surface area (Å²) < 4.78 is 1.99. The molecule has 1 fully saturated rings. The van der Waals surface area contributed by atoms with E-state index in [1.165, 1.54) is 12.8 Å². The third-order valence-electron chi connectivity index (χ3n) is 5.81. The van der Waals surface area contributed by atoms with E-state index in [0.717, 1.165) is 42.8 Å². The molecule has 7 heteroatoms. The molecule has 33 heavy (non-hydrogen) atoms. The van der Waals surface area contributed by atoms with E-state index in [0.29, 0.717) is 28.3 Å². The molecule has 2 aromatic carbocycles. The van der Waals surface area contributed by atoms with Crippen molar-refractivity contribution in [3.8, 4) is 5.69 Å². The maximum absolute atomic E-state index is 13.3. The molecule has 6 nitrogen and oxygen atoms in total. The summed E-state index contributed by atoms with van der Waals surface area (Å²) in [5, 5.41) is 4.44. The number of aliphatic imine (C=N–C) groups is 1. The quantitative estimate of drug-likeness (QED) is 0.307. The van der Waals surface area contributed by atoms with Gasteiger partial charge in [-0.3, -0.25) is 4.79 Å². The number of piperidine rings is 1. The zero-order chi connectivity index (χ0) is 23.2. The minimum Gasteiger partial charge on any atom is -0.390 e. The summed E-state index contributed by atoms with van der Waals surface area (Å²) in [6.45, 7) is 6.46. The van der Waals surface area contributed by atoms with Crippen LogP contribution >= 0.6 is 11.6 Å². The number of para-hydroxylation sites is 1. The monoisotopic (exact) mass is 461 g/mol. The molecule has 0 aliphatic carbocycles. The van der Waals surface area contributed by atoms with Crippen LogP contribution in [0.1, 0.15) is 24.8 Å². The first kappa shape index (κ1) is 22.7. The first-order valence-corrected chi connectivity index (χ1v) is 11.5. The minimum absolute atomic E-state index is 0.0488. The summed E-state index contributed by atoms with van der Waals surface area (Å²) in [7, 11) is 0.